The number of anilines is 1. The molecule has 0 fully saturated rings. The lowest BCUT2D eigenvalue weighted by Crippen LogP contribution is -2.36. The van der Waals surface area contributed by atoms with Crippen LogP contribution in [0.15, 0.2) is 50.5 Å². The molecule has 0 bridgehead atoms. The Morgan fingerprint density at radius 2 is 1.55 bits per heavy atom. The lowest BCUT2D eigenvalue weighted by molar-refractivity contribution is -0.115. The molecule has 0 saturated carbocycles. The summed E-state index contributed by atoms with van der Waals surface area (Å²) < 4.78 is 34.5. The van der Waals surface area contributed by atoms with Gasteiger partial charge in [-0.15, -0.1) is 0 Å². The van der Waals surface area contributed by atoms with E-state index in [2.05, 4.69) is 0 Å². The largest absolute Gasteiger partial charge is 0.413 e. The van der Waals surface area contributed by atoms with E-state index in [9.17, 15) is 18.0 Å². The van der Waals surface area contributed by atoms with E-state index >= 15 is 0 Å². The molecule has 4 rings (SSSR count). The molecule has 0 aliphatic rings. The van der Waals surface area contributed by atoms with Gasteiger partial charge < -0.3 is 4.42 Å². The molecule has 0 radical (unpaired) electrons. The smallest absolute Gasteiger partial charge is 0.396 e. The van der Waals surface area contributed by atoms with Gasteiger partial charge in [-0.25, -0.2) is 17.5 Å². The molecule has 0 spiro atoms. The summed E-state index contributed by atoms with van der Waals surface area (Å²) in [7, 11) is -4.23. The number of aryl methyl sites for hydroxylation is 2. The Kier molecular flexibility index (Phi) is 5.02. The quantitative estimate of drug-likeness (QED) is 0.435. The van der Waals surface area contributed by atoms with Crippen LogP contribution < -0.4 is 9.24 Å². The first kappa shape index (κ1) is 21.3. The second-order valence-electron chi connectivity index (χ2n) is 7.60. The van der Waals surface area contributed by atoms with E-state index in [0.717, 1.165) is 26.8 Å². The number of nitrogens with zero attached hydrogens (tertiary/aromatic N) is 1. The molecule has 4 aromatic rings. The number of amides is 1. The van der Waals surface area contributed by atoms with Gasteiger partial charge in [0.05, 0.1) is 15.3 Å². The van der Waals surface area contributed by atoms with Crippen LogP contribution in [-0.4, -0.2) is 14.3 Å². The molecule has 0 saturated heterocycles. The standard InChI is InChI=1S/C23H21NO5S2/c1-12-10-13(2)15(4)22(14(12)3)31(27,28)24(16(5)25)19-11-20-21(29-23(26)30-20)18-9-7-6-8-17(18)19/h6-11H,1-5H3. The summed E-state index contributed by atoms with van der Waals surface area (Å²) >= 11 is 0.873. The molecule has 1 amide bonds. The SMILES string of the molecule is CC(=O)N(c1cc2sc(=O)oc2c2ccccc12)S(=O)(=O)c1c(C)c(C)cc(C)c1C. The second-order valence-corrected chi connectivity index (χ2v) is 10.3. The predicted molar refractivity (Wildman–Crippen MR) is 124 cm³/mol. The molecule has 0 unspecified atom stereocenters. The van der Waals surface area contributed by atoms with Gasteiger partial charge in [0, 0.05) is 17.7 Å². The Labute approximate surface area is 183 Å². The second kappa shape index (κ2) is 7.32. The van der Waals surface area contributed by atoms with Gasteiger partial charge in [0.2, 0.25) is 5.91 Å². The molecule has 0 aliphatic heterocycles. The van der Waals surface area contributed by atoms with Crippen LogP contribution in [-0.2, 0) is 14.8 Å². The van der Waals surface area contributed by atoms with Gasteiger partial charge in [0.15, 0.2) is 5.58 Å². The number of carbonyl (C=O) groups is 1. The van der Waals surface area contributed by atoms with Gasteiger partial charge >= 0.3 is 4.94 Å². The first-order chi connectivity index (χ1) is 14.5. The van der Waals surface area contributed by atoms with Crippen LogP contribution in [0.3, 0.4) is 0 Å². The average molecular weight is 456 g/mol. The van der Waals surface area contributed by atoms with Crippen LogP contribution in [0, 0.1) is 27.7 Å². The van der Waals surface area contributed by atoms with Crippen LogP contribution in [0.4, 0.5) is 5.69 Å². The lowest BCUT2D eigenvalue weighted by atomic mass is 10.0. The number of hydrogen-bond acceptors (Lipinski definition) is 6. The molecule has 31 heavy (non-hydrogen) atoms. The highest BCUT2D eigenvalue weighted by Crippen LogP contribution is 2.39. The number of hydrogen-bond donors (Lipinski definition) is 0. The van der Waals surface area contributed by atoms with Crippen molar-refractivity contribution in [2.45, 2.75) is 39.5 Å². The van der Waals surface area contributed by atoms with Gasteiger partial charge in [-0.05, 0) is 56.0 Å². The van der Waals surface area contributed by atoms with Gasteiger partial charge in [-0.3, -0.25) is 4.79 Å². The van der Waals surface area contributed by atoms with Gasteiger partial charge in [-0.1, -0.05) is 41.7 Å². The van der Waals surface area contributed by atoms with Crippen LogP contribution in [0.2, 0.25) is 0 Å². The van der Waals surface area contributed by atoms with E-state index < -0.39 is 20.9 Å². The third kappa shape index (κ3) is 3.26. The number of rotatable bonds is 3. The molecule has 0 aliphatic carbocycles. The van der Waals surface area contributed by atoms with Gasteiger partial charge in [-0.2, -0.15) is 0 Å². The monoisotopic (exact) mass is 455 g/mol. The van der Waals surface area contributed by atoms with E-state index in [1.807, 2.05) is 19.9 Å². The summed E-state index contributed by atoms with van der Waals surface area (Å²) in [6, 6.07) is 10.5. The van der Waals surface area contributed by atoms with Gasteiger partial charge in [0.25, 0.3) is 10.0 Å². The predicted octanol–water partition coefficient (Wildman–Crippen LogP) is 4.98. The molecular formula is C23H21NO5S2. The van der Waals surface area contributed by atoms with Crippen LogP contribution in [0.25, 0.3) is 21.1 Å². The minimum absolute atomic E-state index is 0.129. The Hall–Kier alpha value is -2.97. The van der Waals surface area contributed by atoms with Crippen molar-refractivity contribution in [3.63, 3.8) is 0 Å². The zero-order chi connectivity index (χ0) is 22.7. The zero-order valence-electron chi connectivity index (χ0n) is 17.8. The first-order valence-corrected chi connectivity index (χ1v) is 11.9. The number of benzene rings is 3. The molecule has 0 atom stereocenters. The highest BCUT2D eigenvalue weighted by atomic mass is 32.2. The summed E-state index contributed by atoms with van der Waals surface area (Å²) in [6.45, 7) is 8.42. The molecule has 160 valence electrons. The zero-order valence-corrected chi connectivity index (χ0v) is 19.4. The van der Waals surface area contributed by atoms with Crippen molar-refractivity contribution in [2.24, 2.45) is 0 Å². The van der Waals surface area contributed by atoms with E-state index in [1.54, 1.807) is 44.2 Å². The van der Waals surface area contributed by atoms with Crippen molar-refractivity contribution in [1.82, 2.24) is 0 Å². The summed E-state index contributed by atoms with van der Waals surface area (Å²) in [5, 5.41) is 1.08. The maximum absolute atomic E-state index is 13.9. The summed E-state index contributed by atoms with van der Waals surface area (Å²) in [5.74, 6) is -0.640. The topological polar surface area (TPSA) is 84.7 Å². The average Bonchev–Trinajstić information content (AvgIpc) is 3.06. The Balaban J connectivity index is 2.12. The van der Waals surface area contributed by atoms with E-state index in [0.29, 0.717) is 32.2 Å². The number of fused-ring (bicyclic) bond motifs is 3. The van der Waals surface area contributed by atoms with Crippen molar-refractivity contribution in [1.29, 1.82) is 0 Å². The number of carbonyl (C=O) groups excluding carboxylic acids is 1. The maximum Gasteiger partial charge on any atom is 0.396 e. The van der Waals surface area contributed by atoms with E-state index in [4.69, 9.17) is 4.42 Å². The normalized spacial score (nSPS) is 11.9. The minimum Gasteiger partial charge on any atom is -0.413 e. The fourth-order valence-electron chi connectivity index (χ4n) is 3.97. The first-order valence-electron chi connectivity index (χ1n) is 9.62. The third-order valence-electron chi connectivity index (χ3n) is 5.62. The van der Waals surface area contributed by atoms with Crippen molar-refractivity contribution in [2.75, 3.05) is 4.31 Å². The number of sulfonamides is 1. The Morgan fingerprint density at radius 3 is 2.13 bits per heavy atom. The third-order valence-corrected chi connectivity index (χ3v) is 8.45. The highest BCUT2D eigenvalue weighted by molar-refractivity contribution is 7.93. The molecule has 1 aromatic heterocycles. The minimum atomic E-state index is -4.23. The fraction of sp³-hybridized carbons (Fsp3) is 0.217. The van der Waals surface area contributed by atoms with Crippen molar-refractivity contribution in [3.8, 4) is 0 Å². The van der Waals surface area contributed by atoms with Crippen LogP contribution >= 0.6 is 11.3 Å². The molecular weight excluding hydrogens is 434 g/mol. The molecule has 1 heterocycles. The maximum atomic E-state index is 13.9. The summed E-state index contributed by atoms with van der Waals surface area (Å²) in [5.41, 5.74) is 3.46. The summed E-state index contributed by atoms with van der Waals surface area (Å²) in [4.78, 5) is 24.3. The molecule has 6 nitrogen and oxygen atoms in total. The van der Waals surface area contributed by atoms with Crippen molar-refractivity contribution >= 4 is 54.0 Å². The fourth-order valence-corrected chi connectivity index (χ4v) is 6.72. The Morgan fingerprint density at radius 1 is 0.968 bits per heavy atom. The lowest BCUT2D eigenvalue weighted by Gasteiger charge is -2.25. The van der Waals surface area contributed by atoms with Gasteiger partial charge in [0.1, 0.15) is 0 Å². The van der Waals surface area contributed by atoms with E-state index in [-0.39, 0.29) is 10.6 Å². The highest BCUT2D eigenvalue weighted by Gasteiger charge is 2.34. The Bertz CT molecular complexity index is 1520. The van der Waals surface area contributed by atoms with Crippen LogP contribution in [0.1, 0.15) is 29.2 Å². The molecule has 3 aromatic carbocycles. The van der Waals surface area contributed by atoms with Crippen molar-refractivity contribution in [3.05, 3.63) is 68.4 Å². The van der Waals surface area contributed by atoms with Crippen LogP contribution in [0.5, 0.6) is 0 Å². The molecule has 8 heteroatoms. The van der Waals surface area contributed by atoms with Crippen molar-refractivity contribution < 1.29 is 17.6 Å². The summed E-state index contributed by atoms with van der Waals surface area (Å²) in [6.07, 6.45) is 0. The van der Waals surface area contributed by atoms with E-state index in [1.165, 1.54) is 6.92 Å². The molecule has 0 N–H and O–H groups in total.